The summed E-state index contributed by atoms with van der Waals surface area (Å²) in [6, 6.07) is 20.4. The Morgan fingerprint density at radius 3 is 2.50 bits per heavy atom. The van der Waals surface area contributed by atoms with Gasteiger partial charge in [0.05, 0.1) is 12.5 Å². The van der Waals surface area contributed by atoms with E-state index in [1.165, 1.54) is 5.56 Å². The Morgan fingerprint density at radius 1 is 1.00 bits per heavy atom. The molecule has 0 aliphatic rings. The molecule has 0 bridgehead atoms. The molecule has 26 heavy (non-hydrogen) atoms. The molecule has 5 heteroatoms. The molecular formula is C21H20N4O. The molecule has 0 atom stereocenters. The number of anilines is 1. The van der Waals surface area contributed by atoms with Crippen LogP contribution in [0.25, 0.3) is 22.3 Å². The molecule has 0 radical (unpaired) electrons. The SMILES string of the molecule is COc1ccc(-c2cc3c(N(C)Cc4ccccc4)ncnc3[nH]2)cc1. The van der Waals surface area contributed by atoms with Gasteiger partial charge in [0.2, 0.25) is 0 Å². The number of hydrogen-bond donors (Lipinski definition) is 1. The highest BCUT2D eigenvalue weighted by Gasteiger charge is 2.13. The highest BCUT2D eigenvalue weighted by Crippen LogP contribution is 2.29. The zero-order chi connectivity index (χ0) is 17.9. The van der Waals surface area contributed by atoms with E-state index in [9.17, 15) is 0 Å². The van der Waals surface area contributed by atoms with Crippen LogP contribution in [-0.2, 0) is 6.54 Å². The first kappa shape index (κ1) is 16.1. The lowest BCUT2D eigenvalue weighted by Crippen LogP contribution is -2.17. The third kappa shape index (κ3) is 3.11. The third-order valence-electron chi connectivity index (χ3n) is 4.43. The van der Waals surface area contributed by atoms with Crippen molar-refractivity contribution in [1.82, 2.24) is 15.0 Å². The number of hydrogen-bond acceptors (Lipinski definition) is 4. The van der Waals surface area contributed by atoms with E-state index in [1.54, 1.807) is 13.4 Å². The van der Waals surface area contributed by atoms with E-state index in [-0.39, 0.29) is 0 Å². The predicted molar refractivity (Wildman–Crippen MR) is 104 cm³/mol. The van der Waals surface area contributed by atoms with Gasteiger partial charge in [0.25, 0.3) is 0 Å². The Balaban J connectivity index is 1.68. The fourth-order valence-electron chi connectivity index (χ4n) is 3.09. The van der Waals surface area contributed by atoms with Crippen LogP contribution in [0.1, 0.15) is 5.56 Å². The van der Waals surface area contributed by atoms with E-state index in [2.05, 4.69) is 57.2 Å². The number of nitrogens with zero attached hydrogens (tertiary/aromatic N) is 3. The second-order valence-corrected chi connectivity index (χ2v) is 6.21. The normalized spacial score (nSPS) is 10.8. The topological polar surface area (TPSA) is 54.0 Å². The molecule has 0 spiro atoms. The summed E-state index contributed by atoms with van der Waals surface area (Å²) >= 11 is 0. The van der Waals surface area contributed by atoms with Gasteiger partial charge in [-0.2, -0.15) is 0 Å². The Morgan fingerprint density at radius 2 is 1.77 bits per heavy atom. The lowest BCUT2D eigenvalue weighted by atomic mass is 10.1. The fraction of sp³-hybridized carbons (Fsp3) is 0.143. The fourth-order valence-corrected chi connectivity index (χ4v) is 3.09. The molecule has 0 saturated heterocycles. The summed E-state index contributed by atoms with van der Waals surface area (Å²) in [7, 11) is 3.72. The average Bonchev–Trinajstić information content (AvgIpc) is 3.13. The molecule has 0 unspecified atom stereocenters. The van der Waals surface area contributed by atoms with Gasteiger partial charge in [-0.15, -0.1) is 0 Å². The summed E-state index contributed by atoms with van der Waals surface area (Å²) in [5.74, 6) is 1.75. The summed E-state index contributed by atoms with van der Waals surface area (Å²) in [6.45, 7) is 0.788. The maximum atomic E-state index is 5.23. The molecule has 1 N–H and O–H groups in total. The van der Waals surface area contributed by atoms with E-state index in [0.717, 1.165) is 40.4 Å². The van der Waals surface area contributed by atoms with E-state index < -0.39 is 0 Å². The van der Waals surface area contributed by atoms with Crippen molar-refractivity contribution < 1.29 is 4.74 Å². The van der Waals surface area contributed by atoms with Crippen LogP contribution in [0.5, 0.6) is 5.75 Å². The zero-order valence-corrected chi connectivity index (χ0v) is 14.8. The number of fused-ring (bicyclic) bond motifs is 1. The summed E-state index contributed by atoms with van der Waals surface area (Å²) in [4.78, 5) is 14.4. The number of H-pyrrole nitrogens is 1. The first-order valence-electron chi connectivity index (χ1n) is 8.48. The first-order chi connectivity index (χ1) is 12.7. The average molecular weight is 344 g/mol. The highest BCUT2D eigenvalue weighted by atomic mass is 16.5. The number of ether oxygens (including phenoxy) is 1. The summed E-state index contributed by atoms with van der Waals surface area (Å²) in [5, 5.41) is 1.01. The lowest BCUT2D eigenvalue weighted by Gasteiger charge is -2.18. The highest BCUT2D eigenvalue weighted by molar-refractivity contribution is 5.91. The minimum absolute atomic E-state index is 0.788. The largest absolute Gasteiger partial charge is 0.497 e. The Labute approximate surface area is 152 Å². The number of rotatable bonds is 5. The molecular weight excluding hydrogens is 324 g/mol. The van der Waals surface area contributed by atoms with Gasteiger partial charge < -0.3 is 14.6 Å². The van der Waals surface area contributed by atoms with Crippen LogP contribution in [-0.4, -0.2) is 29.1 Å². The van der Waals surface area contributed by atoms with Gasteiger partial charge in [-0.3, -0.25) is 0 Å². The molecule has 4 aromatic rings. The van der Waals surface area contributed by atoms with Crippen molar-refractivity contribution in [2.24, 2.45) is 0 Å². The number of nitrogens with one attached hydrogen (secondary N) is 1. The smallest absolute Gasteiger partial charge is 0.143 e. The van der Waals surface area contributed by atoms with Gasteiger partial charge in [0, 0.05) is 19.3 Å². The van der Waals surface area contributed by atoms with Crippen LogP contribution >= 0.6 is 0 Å². The van der Waals surface area contributed by atoms with Crippen molar-refractivity contribution in [3.63, 3.8) is 0 Å². The number of benzene rings is 2. The van der Waals surface area contributed by atoms with Crippen molar-refractivity contribution in [1.29, 1.82) is 0 Å². The molecule has 4 rings (SSSR count). The van der Waals surface area contributed by atoms with Gasteiger partial charge in [0.15, 0.2) is 0 Å². The number of aromatic amines is 1. The molecule has 2 aromatic heterocycles. The monoisotopic (exact) mass is 344 g/mol. The van der Waals surface area contributed by atoms with Crippen LogP contribution in [0.3, 0.4) is 0 Å². The molecule has 5 nitrogen and oxygen atoms in total. The van der Waals surface area contributed by atoms with Crippen LogP contribution in [0, 0.1) is 0 Å². The van der Waals surface area contributed by atoms with Crippen LogP contribution in [0.2, 0.25) is 0 Å². The van der Waals surface area contributed by atoms with Gasteiger partial charge in [-0.25, -0.2) is 9.97 Å². The van der Waals surface area contributed by atoms with Gasteiger partial charge in [0.1, 0.15) is 23.5 Å². The molecule has 0 saturated carbocycles. The summed E-state index contributed by atoms with van der Waals surface area (Å²) < 4.78 is 5.23. The van der Waals surface area contributed by atoms with E-state index in [4.69, 9.17) is 4.74 Å². The third-order valence-corrected chi connectivity index (χ3v) is 4.43. The molecule has 0 amide bonds. The van der Waals surface area contributed by atoms with Gasteiger partial charge in [-0.05, 0) is 41.5 Å². The predicted octanol–water partition coefficient (Wildman–Crippen LogP) is 4.27. The number of aromatic nitrogens is 3. The molecule has 0 fully saturated rings. The second kappa shape index (κ2) is 6.88. The lowest BCUT2D eigenvalue weighted by molar-refractivity contribution is 0.415. The van der Waals surface area contributed by atoms with Crippen molar-refractivity contribution in [3.8, 4) is 17.0 Å². The van der Waals surface area contributed by atoms with Crippen molar-refractivity contribution >= 4 is 16.9 Å². The first-order valence-corrected chi connectivity index (χ1v) is 8.48. The quantitative estimate of drug-likeness (QED) is 0.587. The second-order valence-electron chi connectivity index (χ2n) is 6.21. The van der Waals surface area contributed by atoms with E-state index in [1.807, 2.05) is 30.3 Å². The molecule has 130 valence electrons. The Hall–Kier alpha value is -3.34. The van der Waals surface area contributed by atoms with E-state index >= 15 is 0 Å². The molecule has 0 aliphatic heterocycles. The van der Waals surface area contributed by atoms with Gasteiger partial charge in [-0.1, -0.05) is 30.3 Å². The van der Waals surface area contributed by atoms with Crippen molar-refractivity contribution in [2.75, 3.05) is 19.1 Å². The zero-order valence-electron chi connectivity index (χ0n) is 14.8. The number of methoxy groups -OCH3 is 1. The summed E-state index contributed by atoms with van der Waals surface area (Å²) in [5.41, 5.74) is 4.17. The van der Waals surface area contributed by atoms with Crippen LogP contribution in [0.4, 0.5) is 5.82 Å². The van der Waals surface area contributed by atoms with Crippen molar-refractivity contribution in [3.05, 3.63) is 72.6 Å². The Kier molecular flexibility index (Phi) is 4.27. The maximum absolute atomic E-state index is 5.23. The van der Waals surface area contributed by atoms with Crippen LogP contribution in [0.15, 0.2) is 67.0 Å². The molecule has 0 aliphatic carbocycles. The standard InChI is InChI=1S/C21H20N4O/c1-25(13-15-6-4-3-5-7-15)21-18-12-19(24-20(18)22-14-23-21)16-8-10-17(26-2)11-9-16/h3-12,14H,13H2,1-2H3,(H,22,23,24). The van der Waals surface area contributed by atoms with Crippen LogP contribution < -0.4 is 9.64 Å². The van der Waals surface area contributed by atoms with E-state index in [0.29, 0.717) is 0 Å². The minimum Gasteiger partial charge on any atom is -0.497 e. The molecule has 2 aromatic carbocycles. The maximum Gasteiger partial charge on any atom is 0.143 e. The van der Waals surface area contributed by atoms with Gasteiger partial charge >= 0.3 is 0 Å². The Bertz CT molecular complexity index is 1010. The van der Waals surface area contributed by atoms with Crippen molar-refractivity contribution in [2.45, 2.75) is 6.54 Å². The molecule has 2 heterocycles. The minimum atomic E-state index is 0.788. The summed E-state index contributed by atoms with van der Waals surface area (Å²) in [6.07, 6.45) is 1.60.